The predicted molar refractivity (Wildman–Crippen MR) is 176 cm³/mol. The summed E-state index contributed by atoms with van der Waals surface area (Å²) in [5.74, 6) is 1.13. The number of ether oxygens (including phenoxy) is 2. The molecule has 9 nitrogen and oxygen atoms in total. The largest absolute Gasteiger partial charge is 0.508 e. The first-order chi connectivity index (χ1) is 23.7. The van der Waals surface area contributed by atoms with Crippen molar-refractivity contribution in [2.24, 2.45) is 0 Å². The van der Waals surface area contributed by atoms with Crippen LogP contribution in [0.15, 0.2) is 30.5 Å². The third-order valence-corrected chi connectivity index (χ3v) is 10.8. The van der Waals surface area contributed by atoms with Gasteiger partial charge in [0.2, 0.25) is 0 Å². The minimum Gasteiger partial charge on any atom is -0.508 e. The Bertz CT molecular complexity index is 1990. The fourth-order valence-electron chi connectivity index (χ4n) is 8.66. The number of fused-ring (bicyclic) bond motifs is 5. The van der Waals surface area contributed by atoms with Crippen LogP contribution in [0, 0.1) is 24.0 Å². The first kappa shape index (κ1) is 32.0. The molecule has 4 saturated heterocycles. The van der Waals surface area contributed by atoms with Gasteiger partial charge in [-0.25, -0.2) is 17.6 Å². The maximum Gasteiger partial charge on any atom is 0.319 e. The van der Waals surface area contributed by atoms with Crippen LogP contribution >= 0.6 is 0 Å². The Hall–Kier alpha value is -4.25. The number of hydrogen-bond acceptors (Lipinski definition) is 9. The summed E-state index contributed by atoms with van der Waals surface area (Å²) in [5.41, 5.74) is -1.06. The first-order valence-corrected chi connectivity index (χ1v) is 16.7. The number of rotatable bonds is 9. The van der Waals surface area contributed by atoms with Gasteiger partial charge in [-0.05, 0) is 62.2 Å². The third kappa shape index (κ3) is 5.50. The highest BCUT2D eigenvalue weighted by molar-refractivity contribution is 6.03. The van der Waals surface area contributed by atoms with Crippen LogP contribution in [-0.4, -0.2) is 94.5 Å². The fourth-order valence-corrected chi connectivity index (χ4v) is 8.66. The van der Waals surface area contributed by atoms with E-state index in [0.717, 1.165) is 32.2 Å². The lowest BCUT2D eigenvalue weighted by molar-refractivity contribution is 0.0437. The lowest BCUT2D eigenvalue weighted by atomic mass is 9.93. The van der Waals surface area contributed by atoms with Gasteiger partial charge in [0.25, 0.3) is 0 Å². The first-order valence-electron chi connectivity index (χ1n) is 16.7. The van der Waals surface area contributed by atoms with E-state index in [1.165, 1.54) is 30.5 Å². The molecule has 256 valence electrons. The molecule has 8 rings (SSSR count). The maximum atomic E-state index is 17.0. The molecule has 2 N–H and O–H groups in total. The van der Waals surface area contributed by atoms with Crippen molar-refractivity contribution in [3.8, 4) is 35.4 Å². The van der Waals surface area contributed by atoms with Gasteiger partial charge < -0.3 is 24.8 Å². The number of phenols is 1. The summed E-state index contributed by atoms with van der Waals surface area (Å²) in [4.78, 5) is 18.1. The molecule has 0 aliphatic carbocycles. The van der Waals surface area contributed by atoms with Crippen LogP contribution in [0.25, 0.3) is 32.9 Å². The Morgan fingerprint density at radius 3 is 2.88 bits per heavy atom. The predicted octanol–water partition coefficient (Wildman–Crippen LogP) is 5.41. The Labute approximate surface area is 280 Å². The highest BCUT2D eigenvalue weighted by atomic mass is 19.1. The summed E-state index contributed by atoms with van der Waals surface area (Å²) < 4.78 is 70.5. The van der Waals surface area contributed by atoms with Crippen molar-refractivity contribution in [1.29, 1.82) is 0 Å². The van der Waals surface area contributed by atoms with Gasteiger partial charge in [-0.1, -0.05) is 12.0 Å². The van der Waals surface area contributed by atoms with E-state index in [-0.39, 0.29) is 64.3 Å². The highest BCUT2D eigenvalue weighted by Gasteiger charge is 2.50. The molecule has 4 aliphatic rings. The normalized spacial score (nSPS) is 26.5. The van der Waals surface area contributed by atoms with E-state index >= 15 is 4.39 Å². The molecule has 0 saturated carbocycles. The Morgan fingerprint density at radius 2 is 2.04 bits per heavy atom. The number of nitrogens with one attached hydrogen (secondary N) is 1. The number of aromatic hydroxyl groups is 1. The summed E-state index contributed by atoms with van der Waals surface area (Å²) >= 11 is 0. The van der Waals surface area contributed by atoms with E-state index in [0.29, 0.717) is 49.1 Å². The van der Waals surface area contributed by atoms with Crippen molar-refractivity contribution in [3.63, 3.8) is 0 Å². The summed E-state index contributed by atoms with van der Waals surface area (Å²) in [6.07, 6.45) is 10.6. The van der Waals surface area contributed by atoms with Crippen LogP contribution in [0.1, 0.15) is 44.1 Å². The van der Waals surface area contributed by atoms with Gasteiger partial charge in [0.15, 0.2) is 12.7 Å². The number of piperazine rings is 1. The van der Waals surface area contributed by atoms with Crippen LogP contribution in [0.3, 0.4) is 0 Å². The molecule has 2 bridgehead atoms. The summed E-state index contributed by atoms with van der Waals surface area (Å²) in [6, 6.07) is 5.45. The average Bonchev–Trinajstić information content (AvgIpc) is 3.72. The Morgan fingerprint density at radius 1 is 1.16 bits per heavy atom. The van der Waals surface area contributed by atoms with Gasteiger partial charge >= 0.3 is 6.01 Å². The number of hydrogen-bond donors (Lipinski definition) is 2. The SMILES string of the molecule is C#Cc1c(F)ccc2cc(O)cc(-c3ncc4c(N5CC6CCC(CCOCF)(C5)N6)nc(OC[C@@]56CCCN5C[C@H](F)C6)nc4c3F)c12. The quantitative estimate of drug-likeness (QED) is 0.137. The number of aromatic nitrogens is 3. The monoisotopic (exact) mass is 676 g/mol. The number of anilines is 1. The summed E-state index contributed by atoms with van der Waals surface area (Å²) in [6.45, 7) is 1.74. The number of terminal acetylenes is 1. The minimum absolute atomic E-state index is 0.0566. The van der Waals surface area contributed by atoms with E-state index in [1.54, 1.807) is 0 Å². The van der Waals surface area contributed by atoms with Gasteiger partial charge in [-0.15, -0.1) is 6.42 Å². The number of alkyl halides is 2. The molecule has 2 aromatic carbocycles. The molecule has 4 fully saturated rings. The molecule has 4 aromatic rings. The van der Waals surface area contributed by atoms with Crippen LogP contribution in [0.5, 0.6) is 11.8 Å². The van der Waals surface area contributed by atoms with Crippen LogP contribution in [-0.2, 0) is 4.74 Å². The zero-order valence-electron chi connectivity index (χ0n) is 26.8. The van der Waals surface area contributed by atoms with Crippen molar-refractivity contribution in [1.82, 2.24) is 25.2 Å². The minimum atomic E-state index is -0.952. The van der Waals surface area contributed by atoms with Crippen molar-refractivity contribution in [2.75, 3.05) is 51.2 Å². The van der Waals surface area contributed by atoms with Gasteiger partial charge in [0, 0.05) is 54.8 Å². The second-order valence-electron chi connectivity index (χ2n) is 13.8. The van der Waals surface area contributed by atoms with Crippen LogP contribution in [0.4, 0.5) is 23.4 Å². The highest BCUT2D eigenvalue weighted by Crippen LogP contribution is 2.43. The maximum absolute atomic E-state index is 17.0. The topological polar surface area (TPSA) is 95.9 Å². The number of pyridine rings is 1. The van der Waals surface area contributed by atoms with Gasteiger partial charge in [0.05, 0.1) is 23.1 Å². The van der Waals surface area contributed by atoms with Crippen molar-refractivity contribution >= 4 is 27.5 Å². The molecule has 13 heteroatoms. The lowest BCUT2D eigenvalue weighted by Crippen LogP contribution is -2.60. The van der Waals surface area contributed by atoms with Gasteiger partial charge in [-0.3, -0.25) is 9.88 Å². The Balaban J connectivity index is 1.25. The lowest BCUT2D eigenvalue weighted by Gasteiger charge is -2.42. The van der Waals surface area contributed by atoms with E-state index < -0.39 is 30.2 Å². The molecule has 0 amide bonds. The molecule has 2 unspecified atom stereocenters. The second-order valence-corrected chi connectivity index (χ2v) is 13.8. The molecule has 2 aromatic heterocycles. The number of benzene rings is 2. The van der Waals surface area contributed by atoms with Crippen molar-refractivity contribution < 1.29 is 32.1 Å². The van der Waals surface area contributed by atoms with Crippen molar-refractivity contribution in [2.45, 2.75) is 61.8 Å². The standard InChI is InChI=1S/C36H36F4N6O3/c1-2-25-28(39)5-4-21-12-24(47)13-26(29(21)25)31-30(40)32-27(15-41-31)33(45-17-23-6-8-35(18-45,44-23)9-11-48-20-37)43-34(42-32)49-19-36-7-3-10-46(36)16-22(38)14-36/h1,4-5,12-13,15,22-23,44,47H,3,6-11,14,16-20H2/t22-,23?,35?,36+/m1/s1. The van der Waals surface area contributed by atoms with Gasteiger partial charge in [0.1, 0.15) is 41.4 Å². The van der Waals surface area contributed by atoms with E-state index in [4.69, 9.17) is 20.9 Å². The third-order valence-electron chi connectivity index (χ3n) is 10.8. The van der Waals surface area contributed by atoms with E-state index in [9.17, 15) is 18.3 Å². The zero-order chi connectivity index (χ0) is 33.9. The smallest absolute Gasteiger partial charge is 0.319 e. The van der Waals surface area contributed by atoms with E-state index in [1.807, 2.05) is 0 Å². The van der Waals surface area contributed by atoms with Crippen LogP contribution < -0.4 is 15.0 Å². The summed E-state index contributed by atoms with van der Waals surface area (Å²) in [5, 5.41) is 15.2. The van der Waals surface area contributed by atoms with Crippen molar-refractivity contribution in [3.05, 3.63) is 47.7 Å². The molecule has 0 spiro atoms. The fraction of sp³-hybridized carbons (Fsp3) is 0.472. The second kappa shape index (κ2) is 12.3. The molecule has 49 heavy (non-hydrogen) atoms. The molecular formula is C36H36F4N6O3. The molecule has 0 radical (unpaired) electrons. The summed E-state index contributed by atoms with van der Waals surface area (Å²) in [7, 11) is 0. The molecular weight excluding hydrogens is 640 g/mol. The van der Waals surface area contributed by atoms with Crippen LogP contribution in [0.2, 0.25) is 0 Å². The zero-order valence-corrected chi connectivity index (χ0v) is 26.8. The number of phenolic OH excluding ortho intramolecular Hbond substituents is 1. The average molecular weight is 677 g/mol. The molecule has 4 atom stereocenters. The van der Waals surface area contributed by atoms with Gasteiger partial charge in [-0.2, -0.15) is 9.97 Å². The Kier molecular flexibility index (Phi) is 8.00. The van der Waals surface area contributed by atoms with E-state index in [2.05, 4.69) is 31.0 Å². The molecule has 4 aliphatic heterocycles. The molecule has 6 heterocycles. The number of nitrogens with zero attached hydrogens (tertiary/aromatic N) is 5. The number of halogens is 4.